The van der Waals surface area contributed by atoms with E-state index in [1.54, 1.807) is 0 Å². The van der Waals surface area contributed by atoms with Gasteiger partial charge in [-0.3, -0.25) is 4.79 Å². The zero-order chi connectivity index (χ0) is 17.9. The number of unbranched alkanes of at least 4 members (excludes halogenated alkanes) is 1. The average molecular weight is 352 g/mol. The quantitative estimate of drug-likeness (QED) is 0.854. The van der Waals surface area contributed by atoms with Gasteiger partial charge in [0.25, 0.3) is 0 Å². The summed E-state index contributed by atoms with van der Waals surface area (Å²) in [6.07, 6.45) is -2.86. The second-order valence-electron chi connectivity index (χ2n) is 5.57. The minimum absolute atomic E-state index is 0.135. The molecule has 0 saturated carbocycles. The van der Waals surface area contributed by atoms with Crippen LogP contribution in [0.25, 0.3) is 0 Å². The molecule has 0 aliphatic heterocycles. The Kier molecular flexibility index (Phi) is 5.79. The Morgan fingerprint density at radius 2 is 1.87 bits per heavy atom. The van der Waals surface area contributed by atoms with Crippen molar-refractivity contribution in [3.63, 3.8) is 0 Å². The van der Waals surface area contributed by atoms with Gasteiger partial charge in [0, 0.05) is 6.20 Å². The lowest BCUT2D eigenvalue weighted by Crippen LogP contribution is -2.45. The SMILES string of the molecule is CCCCS(=O)(=O)C(C)(C)C(=O)Nc1ccc(C(F)(F)F)cn1. The summed E-state index contributed by atoms with van der Waals surface area (Å²) in [6.45, 7) is 4.35. The number of carbonyl (C=O) groups excluding carboxylic acids is 1. The Bertz CT molecular complexity index is 653. The summed E-state index contributed by atoms with van der Waals surface area (Å²) >= 11 is 0. The molecule has 1 amide bonds. The molecule has 5 nitrogen and oxygen atoms in total. The van der Waals surface area contributed by atoms with Gasteiger partial charge in [0.2, 0.25) is 5.91 Å². The third-order valence-electron chi connectivity index (χ3n) is 3.42. The van der Waals surface area contributed by atoms with E-state index in [0.717, 1.165) is 12.1 Å². The summed E-state index contributed by atoms with van der Waals surface area (Å²) in [6, 6.07) is 1.75. The first-order valence-corrected chi connectivity index (χ1v) is 8.64. The fraction of sp³-hybridized carbons (Fsp3) is 0.571. The van der Waals surface area contributed by atoms with Crippen molar-refractivity contribution in [2.24, 2.45) is 0 Å². The van der Waals surface area contributed by atoms with E-state index < -0.39 is 32.2 Å². The highest BCUT2D eigenvalue weighted by atomic mass is 32.2. The molecule has 0 saturated heterocycles. The van der Waals surface area contributed by atoms with Crippen molar-refractivity contribution in [1.29, 1.82) is 0 Å². The van der Waals surface area contributed by atoms with Crippen molar-refractivity contribution >= 4 is 21.6 Å². The number of alkyl halides is 3. The van der Waals surface area contributed by atoms with Gasteiger partial charge >= 0.3 is 6.18 Å². The molecule has 0 aliphatic rings. The van der Waals surface area contributed by atoms with Gasteiger partial charge in [-0.05, 0) is 32.4 Å². The minimum atomic E-state index is -4.53. The van der Waals surface area contributed by atoms with E-state index in [0.29, 0.717) is 19.0 Å². The zero-order valence-corrected chi connectivity index (χ0v) is 13.9. The maximum Gasteiger partial charge on any atom is 0.417 e. The van der Waals surface area contributed by atoms with Crippen LogP contribution < -0.4 is 5.32 Å². The first kappa shape index (κ1) is 19.4. The molecule has 1 N–H and O–H groups in total. The van der Waals surface area contributed by atoms with Gasteiger partial charge in [-0.15, -0.1) is 0 Å². The van der Waals surface area contributed by atoms with Crippen LogP contribution in [0.3, 0.4) is 0 Å². The molecule has 0 aromatic carbocycles. The highest BCUT2D eigenvalue weighted by Crippen LogP contribution is 2.29. The molecule has 0 spiro atoms. The topological polar surface area (TPSA) is 76.1 Å². The van der Waals surface area contributed by atoms with Crippen molar-refractivity contribution in [2.75, 3.05) is 11.1 Å². The summed E-state index contributed by atoms with van der Waals surface area (Å²) in [5.74, 6) is -1.10. The van der Waals surface area contributed by atoms with Crippen LogP contribution in [-0.2, 0) is 20.8 Å². The lowest BCUT2D eigenvalue weighted by atomic mass is 10.2. The third-order valence-corrected chi connectivity index (χ3v) is 5.99. The Hall–Kier alpha value is -1.64. The van der Waals surface area contributed by atoms with E-state index in [9.17, 15) is 26.4 Å². The van der Waals surface area contributed by atoms with Crippen molar-refractivity contribution < 1.29 is 26.4 Å². The van der Waals surface area contributed by atoms with Gasteiger partial charge in [-0.2, -0.15) is 13.2 Å². The molecular weight excluding hydrogens is 333 g/mol. The first-order chi connectivity index (χ1) is 10.4. The molecular formula is C14H19F3N2O3S. The first-order valence-electron chi connectivity index (χ1n) is 6.99. The van der Waals surface area contributed by atoms with E-state index >= 15 is 0 Å². The molecule has 1 rings (SSSR count). The fourth-order valence-corrected chi connectivity index (χ4v) is 3.15. The number of carbonyl (C=O) groups is 1. The van der Waals surface area contributed by atoms with Crippen LogP contribution in [0, 0.1) is 0 Å². The predicted octanol–water partition coefficient (Wildman–Crippen LogP) is 3.03. The Balaban J connectivity index is 2.90. The van der Waals surface area contributed by atoms with Crippen LogP contribution in [-0.4, -0.2) is 29.8 Å². The second kappa shape index (κ2) is 6.86. The molecule has 1 heterocycles. The maximum absolute atomic E-state index is 12.4. The van der Waals surface area contributed by atoms with E-state index in [1.807, 2.05) is 6.92 Å². The largest absolute Gasteiger partial charge is 0.417 e. The number of amides is 1. The fourth-order valence-electron chi connectivity index (χ4n) is 1.63. The molecule has 0 bridgehead atoms. The van der Waals surface area contributed by atoms with Gasteiger partial charge in [-0.25, -0.2) is 13.4 Å². The van der Waals surface area contributed by atoms with Crippen LogP contribution in [0.4, 0.5) is 19.0 Å². The summed E-state index contributed by atoms with van der Waals surface area (Å²) in [5, 5.41) is 2.25. The molecule has 0 aliphatic carbocycles. The molecule has 23 heavy (non-hydrogen) atoms. The number of hydrogen-bond acceptors (Lipinski definition) is 4. The summed E-state index contributed by atoms with van der Waals surface area (Å²) in [7, 11) is -3.69. The highest BCUT2D eigenvalue weighted by molar-refractivity contribution is 7.93. The van der Waals surface area contributed by atoms with E-state index in [2.05, 4.69) is 10.3 Å². The summed E-state index contributed by atoms with van der Waals surface area (Å²) in [4.78, 5) is 15.7. The van der Waals surface area contributed by atoms with Crippen LogP contribution in [0.15, 0.2) is 18.3 Å². The number of sulfone groups is 1. The third kappa shape index (κ3) is 4.66. The van der Waals surface area contributed by atoms with Crippen LogP contribution >= 0.6 is 0 Å². The standard InChI is InChI=1S/C14H19F3N2O3S/c1-4-5-8-23(21,22)13(2,3)12(20)19-11-7-6-10(9-18-11)14(15,16)17/h6-7,9H,4-5,8H2,1-3H3,(H,18,19,20). The summed E-state index contributed by atoms with van der Waals surface area (Å²) in [5.41, 5.74) is -0.953. The molecule has 0 unspecified atom stereocenters. The van der Waals surface area contributed by atoms with Gasteiger partial charge in [0.1, 0.15) is 10.6 Å². The molecule has 0 radical (unpaired) electrons. The second-order valence-corrected chi connectivity index (χ2v) is 8.23. The summed E-state index contributed by atoms with van der Waals surface area (Å²) < 4.78 is 60.0. The van der Waals surface area contributed by atoms with E-state index in [4.69, 9.17) is 0 Å². The number of nitrogens with zero attached hydrogens (tertiary/aromatic N) is 1. The monoisotopic (exact) mass is 352 g/mol. The molecule has 9 heteroatoms. The van der Waals surface area contributed by atoms with Crippen molar-refractivity contribution in [1.82, 2.24) is 4.98 Å². The Morgan fingerprint density at radius 3 is 2.30 bits per heavy atom. The minimum Gasteiger partial charge on any atom is -0.309 e. The van der Waals surface area contributed by atoms with Gasteiger partial charge in [0.15, 0.2) is 9.84 Å². The van der Waals surface area contributed by atoms with Crippen LogP contribution in [0.5, 0.6) is 0 Å². The van der Waals surface area contributed by atoms with Gasteiger partial charge in [0.05, 0.1) is 11.3 Å². The number of rotatable bonds is 6. The lowest BCUT2D eigenvalue weighted by Gasteiger charge is -2.23. The number of aromatic nitrogens is 1. The zero-order valence-electron chi connectivity index (χ0n) is 13.1. The lowest BCUT2D eigenvalue weighted by molar-refractivity contribution is -0.137. The molecule has 0 fully saturated rings. The van der Waals surface area contributed by atoms with E-state index in [1.165, 1.54) is 13.8 Å². The van der Waals surface area contributed by atoms with Crippen LogP contribution in [0.1, 0.15) is 39.2 Å². The predicted molar refractivity (Wildman–Crippen MR) is 80.6 cm³/mol. The van der Waals surface area contributed by atoms with Crippen molar-refractivity contribution in [3.05, 3.63) is 23.9 Å². The molecule has 130 valence electrons. The normalized spacial score (nSPS) is 13.0. The number of anilines is 1. The van der Waals surface area contributed by atoms with Crippen molar-refractivity contribution in [2.45, 2.75) is 44.5 Å². The number of halogens is 3. The van der Waals surface area contributed by atoms with Crippen molar-refractivity contribution in [3.8, 4) is 0 Å². The van der Waals surface area contributed by atoms with Gasteiger partial charge in [-0.1, -0.05) is 13.3 Å². The van der Waals surface area contributed by atoms with Crippen LogP contribution in [0.2, 0.25) is 0 Å². The average Bonchev–Trinajstić information content (AvgIpc) is 2.44. The number of pyridine rings is 1. The van der Waals surface area contributed by atoms with Gasteiger partial charge < -0.3 is 5.32 Å². The Morgan fingerprint density at radius 1 is 1.26 bits per heavy atom. The molecule has 1 aromatic rings. The number of nitrogens with one attached hydrogen (secondary N) is 1. The molecule has 0 atom stereocenters. The molecule has 1 aromatic heterocycles. The smallest absolute Gasteiger partial charge is 0.309 e. The highest BCUT2D eigenvalue weighted by Gasteiger charge is 2.41. The maximum atomic E-state index is 12.4. The Labute approximate surface area is 133 Å². The van der Waals surface area contributed by atoms with E-state index in [-0.39, 0.29) is 11.6 Å². The number of hydrogen-bond donors (Lipinski definition) is 1.